The van der Waals surface area contributed by atoms with Crippen molar-refractivity contribution in [1.82, 2.24) is 0 Å². The lowest BCUT2D eigenvalue weighted by Crippen LogP contribution is -2.22. The molecule has 0 aromatic heterocycles. The summed E-state index contributed by atoms with van der Waals surface area (Å²) in [6, 6.07) is 9.41. The number of nitrogens with one attached hydrogen (secondary N) is 1. The van der Waals surface area contributed by atoms with Gasteiger partial charge in [-0.2, -0.15) is 0 Å². The van der Waals surface area contributed by atoms with E-state index in [2.05, 4.69) is 5.32 Å². The Morgan fingerprint density at radius 1 is 1.00 bits per heavy atom. The minimum Gasteiger partial charge on any atom is -0.508 e. The number of aromatic hydroxyl groups is 2. The Kier molecular flexibility index (Phi) is 6.45. The van der Waals surface area contributed by atoms with Gasteiger partial charge in [0.1, 0.15) is 17.1 Å². The van der Waals surface area contributed by atoms with E-state index >= 15 is 0 Å². The summed E-state index contributed by atoms with van der Waals surface area (Å²) in [5.74, 6) is -1.45. The third-order valence-corrected chi connectivity index (χ3v) is 4.17. The third kappa shape index (κ3) is 5.00. The van der Waals surface area contributed by atoms with E-state index in [1.165, 1.54) is 12.1 Å². The van der Waals surface area contributed by atoms with Crippen LogP contribution in [0.4, 0.5) is 5.69 Å². The molecule has 0 radical (unpaired) electrons. The summed E-state index contributed by atoms with van der Waals surface area (Å²) in [6.45, 7) is 7.69. The Morgan fingerprint density at radius 2 is 1.59 bits per heavy atom. The van der Waals surface area contributed by atoms with E-state index in [4.69, 9.17) is 4.74 Å². The van der Waals surface area contributed by atoms with Crippen LogP contribution in [0.1, 0.15) is 61.0 Å². The number of hydrogen-bond acceptors (Lipinski definition) is 5. The van der Waals surface area contributed by atoms with Crippen LogP contribution >= 0.6 is 0 Å². The predicted molar refractivity (Wildman–Crippen MR) is 103 cm³/mol. The van der Waals surface area contributed by atoms with Gasteiger partial charge in [0, 0.05) is 11.8 Å². The van der Waals surface area contributed by atoms with E-state index in [-0.39, 0.29) is 23.1 Å². The van der Waals surface area contributed by atoms with Crippen molar-refractivity contribution >= 4 is 17.6 Å². The smallest absolute Gasteiger partial charge is 0.342 e. The van der Waals surface area contributed by atoms with Crippen molar-refractivity contribution in [3.8, 4) is 11.5 Å². The van der Waals surface area contributed by atoms with Gasteiger partial charge in [-0.25, -0.2) is 4.79 Å². The molecule has 1 amide bonds. The zero-order valence-corrected chi connectivity index (χ0v) is 15.9. The maximum Gasteiger partial charge on any atom is 0.342 e. The van der Waals surface area contributed by atoms with Crippen molar-refractivity contribution in [2.75, 3.05) is 11.9 Å². The number of phenolic OH excluding ortho intramolecular Hbond substituents is 2. The number of carbonyl (C=O) groups excluding carboxylic acids is 2. The number of para-hydroxylation sites is 1. The molecule has 0 atom stereocenters. The van der Waals surface area contributed by atoms with Crippen LogP contribution < -0.4 is 5.32 Å². The molecule has 6 heteroatoms. The van der Waals surface area contributed by atoms with Gasteiger partial charge in [-0.3, -0.25) is 4.79 Å². The van der Waals surface area contributed by atoms with E-state index in [9.17, 15) is 19.8 Å². The highest BCUT2D eigenvalue weighted by molar-refractivity contribution is 5.97. The SMILES string of the molecule is CC(C)c1cccc(C(C)C)c1NC(=O)COC(=O)c1ccc(O)cc1O. The van der Waals surface area contributed by atoms with E-state index < -0.39 is 24.2 Å². The highest BCUT2D eigenvalue weighted by Crippen LogP contribution is 2.32. The first-order valence-corrected chi connectivity index (χ1v) is 8.82. The lowest BCUT2D eigenvalue weighted by atomic mass is 9.92. The van der Waals surface area contributed by atoms with E-state index in [0.717, 1.165) is 22.9 Å². The molecule has 3 N–H and O–H groups in total. The number of carbonyl (C=O) groups is 2. The van der Waals surface area contributed by atoms with Crippen molar-refractivity contribution in [2.24, 2.45) is 0 Å². The van der Waals surface area contributed by atoms with Gasteiger partial charge >= 0.3 is 5.97 Å². The van der Waals surface area contributed by atoms with Crippen molar-refractivity contribution in [3.05, 3.63) is 53.1 Å². The van der Waals surface area contributed by atoms with Gasteiger partial charge in [0.15, 0.2) is 6.61 Å². The number of rotatable bonds is 6. The van der Waals surface area contributed by atoms with Crippen molar-refractivity contribution in [1.29, 1.82) is 0 Å². The van der Waals surface area contributed by atoms with Gasteiger partial charge in [0.25, 0.3) is 5.91 Å². The van der Waals surface area contributed by atoms with Crippen LogP contribution in [0, 0.1) is 0 Å². The molecule has 2 aromatic carbocycles. The molecule has 0 fully saturated rings. The quantitative estimate of drug-likeness (QED) is 0.663. The zero-order chi connectivity index (χ0) is 20.1. The molecule has 0 saturated carbocycles. The molecular weight excluding hydrogens is 346 g/mol. The number of ether oxygens (including phenoxy) is 1. The van der Waals surface area contributed by atoms with Gasteiger partial charge in [-0.05, 0) is 35.1 Å². The highest BCUT2D eigenvalue weighted by atomic mass is 16.5. The molecule has 0 unspecified atom stereocenters. The topological polar surface area (TPSA) is 95.9 Å². The summed E-state index contributed by atoms with van der Waals surface area (Å²) in [5, 5.41) is 21.8. The molecule has 2 rings (SSSR count). The predicted octanol–water partition coefficient (Wildman–Crippen LogP) is 4.14. The van der Waals surface area contributed by atoms with Crippen LogP contribution in [-0.2, 0) is 9.53 Å². The molecule has 0 heterocycles. The van der Waals surface area contributed by atoms with Crippen LogP contribution in [-0.4, -0.2) is 28.7 Å². The number of amides is 1. The monoisotopic (exact) mass is 371 g/mol. The van der Waals surface area contributed by atoms with E-state index in [1.54, 1.807) is 0 Å². The largest absolute Gasteiger partial charge is 0.508 e. The minimum atomic E-state index is -0.844. The summed E-state index contributed by atoms with van der Waals surface area (Å²) in [5.41, 5.74) is 2.65. The molecule has 0 aliphatic heterocycles. The summed E-state index contributed by atoms with van der Waals surface area (Å²) in [6.07, 6.45) is 0. The van der Waals surface area contributed by atoms with Gasteiger partial charge in [-0.1, -0.05) is 45.9 Å². The molecule has 0 saturated heterocycles. The number of hydrogen-bond donors (Lipinski definition) is 3. The fourth-order valence-electron chi connectivity index (χ4n) is 2.77. The van der Waals surface area contributed by atoms with Gasteiger partial charge in [-0.15, -0.1) is 0 Å². The molecule has 2 aromatic rings. The Hall–Kier alpha value is -3.02. The van der Waals surface area contributed by atoms with Crippen molar-refractivity contribution in [3.63, 3.8) is 0 Å². The molecule has 0 aliphatic rings. The Bertz CT molecular complexity index is 816. The van der Waals surface area contributed by atoms with Crippen molar-refractivity contribution in [2.45, 2.75) is 39.5 Å². The molecule has 0 aliphatic carbocycles. The average molecular weight is 371 g/mol. The minimum absolute atomic E-state index is 0.119. The first-order valence-electron chi connectivity index (χ1n) is 8.82. The first-order chi connectivity index (χ1) is 12.7. The summed E-state index contributed by atoms with van der Waals surface area (Å²) in [7, 11) is 0. The Morgan fingerprint density at radius 3 is 2.11 bits per heavy atom. The zero-order valence-electron chi connectivity index (χ0n) is 15.9. The van der Waals surface area contributed by atoms with Gasteiger partial charge in [0.2, 0.25) is 0 Å². The fourth-order valence-corrected chi connectivity index (χ4v) is 2.77. The maximum absolute atomic E-state index is 12.3. The Balaban J connectivity index is 2.11. The van der Waals surface area contributed by atoms with Crippen LogP contribution in [0.2, 0.25) is 0 Å². The normalized spacial score (nSPS) is 10.9. The number of benzene rings is 2. The molecule has 6 nitrogen and oxygen atoms in total. The molecule has 27 heavy (non-hydrogen) atoms. The van der Waals surface area contributed by atoms with Crippen LogP contribution in [0.5, 0.6) is 11.5 Å². The molecule has 144 valence electrons. The molecule has 0 bridgehead atoms. The van der Waals surface area contributed by atoms with Gasteiger partial charge < -0.3 is 20.3 Å². The van der Waals surface area contributed by atoms with Crippen LogP contribution in [0.15, 0.2) is 36.4 Å². The van der Waals surface area contributed by atoms with Crippen molar-refractivity contribution < 1.29 is 24.5 Å². The van der Waals surface area contributed by atoms with Gasteiger partial charge in [0.05, 0.1) is 0 Å². The number of anilines is 1. The second kappa shape index (κ2) is 8.58. The highest BCUT2D eigenvalue weighted by Gasteiger charge is 2.18. The molecule has 0 spiro atoms. The van der Waals surface area contributed by atoms with Crippen LogP contribution in [0.25, 0.3) is 0 Å². The second-order valence-corrected chi connectivity index (χ2v) is 6.95. The maximum atomic E-state index is 12.3. The second-order valence-electron chi connectivity index (χ2n) is 6.95. The standard InChI is InChI=1S/C21H25NO5/c1-12(2)15-6-5-7-16(13(3)4)20(15)22-19(25)11-27-21(26)17-9-8-14(23)10-18(17)24/h5-10,12-13,23-24H,11H2,1-4H3,(H,22,25). The number of phenols is 2. The molecular formula is C21H25NO5. The van der Waals surface area contributed by atoms with Crippen LogP contribution in [0.3, 0.4) is 0 Å². The first kappa shape index (κ1) is 20.3. The average Bonchev–Trinajstić information content (AvgIpc) is 2.59. The van der Waals surface area contributed by atoms with E-state index in [0.29, 0.717) is 0 Å². The third-order valence-electron chi connectivity index (χ3n) is 4.17. The summed E-state index contributed by atoms with van der Waals surface area (Å²) >= 11 is 0. The summed E-state index contributed by atoms with van der Waals surface area (Å²) < 4.78 is 4.99. The number of esters is 1. The lowest BCUT2D eigenvalue weighted by Gasteiger charge is -2.20. The lowest BCUT2D eigenvalue weighted by molar-refractivity contribution is -0.119. The van der Waals surface area contributed by atoms with E-state index in [1.807, 2.05) is 45.9 Å². The fraction of sp³-hybridized carbons (Fsp3) is 0.333. The summed E-state index contributed by atoms with van der Waals surface area (Å²) in [4.78, 5) is 24.4. The Labute approximate surface area is 158 Å².